The van der Waals surface area contributed by atoms with E-state index in [1.165, 1.54) is 0 Å². The number of alkyl halides is 6. The summed E-state index contributed by atoms with van der Waals surface area (Å²) >= 11 is 0. The molecule has 1 amide bonds. The van der Waals surface area contributed by atoms with Crippen molar-refractivity contribution in [1.29, 1.82) is 0 Å². The third-order valence-corrected chi connectivity index (χ3v) is 4.81. The molecule has 9 nitrogen and oxygen atoms in total. The summed E-state index contributed by atoms with van der Waals surface area (Å²) in [5, 5.41) is 14.2. The summed E-state index contributed by atoms with van der Waals surface area (Å²) < 4.78 is 69.4. The highest BCUT2D eigenvalue weighted by molar-refractivity contribution is 5.78. The van der Waals surface area contributed by atoms with E-state index in [4.69, 9.17) is 24.5 Å². The number of hydrogen-bond donors (Lipinski definition) is 2. The molecule has 34 heavy (non-hydrogen) atoms. The van der Waals surface area contributed by atoms with Gasteiger partial charge in [-0.1, -0.05) is 6.07 Å². The lowest BCUT2D eigenvalue weighted by atomic mass is 9.89. The van der Waals surface area contributed by atoms with E-state index >= 15 is 0 Å². The van der Waals surface area contributed by atoms with Gasteiger partial charge < -0.3 is 24.7 Å². The highest BCUT2D eigenvalue weighted by Gasteiger charge is 2.41. The largest absolute Gasteiger partial charge is 0.490 e. The molecule has 0 bridgehead atoms. The second kappa shape index (κ2) is 12.0. The van der Waals surface area contributed by atoms with Crippen LogP contribution in [0.2, 0.25) is 0 Å². The van der Waals surface area contributed by atoms with E-state index in [0.717, 1.165) is 31.5 Å². The van der Waals surface area contributed by atoms with Gasteiger partial charge in [-0.25, -0.2) is 9.59 Å². The first kappa shape index (κ1) is 29.1. The number of aliphatic carboxylic acids is 2. The summed E-state index contributed by atoms with van der Waals surface area (Å²) in [7, 11) is 2.13. The minimum Gasteiger partial charge on any atom is -0.475 e. The molecule has 0 unspecified atom stereocenters. The second-order valence-corrected chi connectivity index (χ2v) is 7.49. The van der Waals surface area contributed by atoms with Gasteiger partial charge in [0.25, 0.3) is 0 Å². The van der Waals surface area contributed by atoms with Crippen molar-refractivity contribution < 1.29 is 55.7 Å². The van der Waals surface area contributed by atoms with E-state index in [1.54, 1.807) is 6.20 Å². The summed E-state index contributed by atoms with van der Waals surface area (Å²) in [5.41, 5.74) is 0.939. The van der Waals surface area contributed by atoms with Gasteiger partial charge in [0.15, 0.2) is 0 Å². The smallest absolute Gasteiger partial charge is 0.475 e. The molecule has 0 atom stereocenters. The lowest BCUT2D eigenvalue weighted by Gasteiger charge is -2.46. The van der Waals surface area contributed by atoms with E-state index in [9.17, 15) is 31.1 Å². The topological polar surface area (TPSA) is 120 Å². The van der Waals surface area contributed by atoms with Gasteiger partial charge in [0.2, 0.25) is 5.91 Å². The van der Waals surface area contributed by atoms with Gasteiger partial charge in [-0.15, -0.1) is 0 Å². The first-order valence-corrected chi connectivity index (χ1v) is 9.65. The van der Waals surface area contributed by atoms with Crippen LogP contribution >= 0.6 is 0 Å². The van der Waals surface area contributed by atoms with Crippen LogP contribution in [0.1, 0.15) is 18.4 Å². The molecule has 2 aliphatic rings. The Morgan fingerprint density at radius 2 is 1.59 bits per heavy atom. The number of ether oxygens (including phenoxy) is 1. The number of piperidine rings is 1. The van der Waals surface area contributed by atoms with Gasteiger partial charge in [0, 0.05) is 32.0 Å². The van der Waals surface area contributed by atoms with E-state index in [0.29, 0.717) is 13.1 Å². The van der Waals surface area contributed by atoms with Crippen molar-refractivity contribution >= 4 is 17.8 Å². The summed E-state index contributed by atoms with van der Waals surface area (Å²) in [5.74, 6) is -5.43. The summed E-state index contributed by atoms with van der Waals surface area (Å²) in [6.07, 6.45) is -4.59. The molecule has 1 spiro atoms. The number of nitrogens with zero attached hydrogens (tertiary/aromatic N) is 3. The Morgan fingerprint density at radius 3 is 2.00 bits per heavy atom. The number of amides is 1. The first-order valence-electron chi connectivity index (χ1n) is 9.65. The third-order valence-electron chi connectivity index (χ3n) is 4.81. The zero-order valence-electron chi connectivity index (χ0n) is 17.9. The van der Waals surface area contributed by atoms with E-state index in [1.807, 2.05) is 23.2 Å². The number of rotatable bonds is 2. The third kappa shape index (κ3) is 9.91. The predicted molar refractivity (Wildman–Crippen MR) is 102 cm³/mol. The maximum atomic E-state index is 12.1. The van der Waals surface area contributed by atoms with Gasteiger partial charge in [-0.2, -0.15) is 26.3 Å². The number of likely N-dealkylation sites (tertiary alicyclic amines) is 1. The zero-order chi connectivity index (χ0) is 26.2. The van der Waals surface area contributed by atoms with Crippen LogP contribution in [-0.4, -0.2) is 94.1 Å². The molecule has 2 N–H and O–H groups in total. The number of carboxylic acids is 2. The molecule has 0 saturated carbocycles. The van der Waals surface area contributed by atoms with E-state index < -0.39 is 24.3 Å². The molecule has 3 heterocycles. The lowest BCUT2D eigenvalue weighted by Crippen LogP contribution is -2.58. The molecule has 0 aromatic carbocycles. The van der Waals surface area contributed by atoms with Crippen LogP contribution in [0, 0.1) is 0 Å². The fourth-order valence-electron chi connectivity index (χ4n) is 2.97. The molecule has 2 aliphatic heterocycles. The number of carboxylic acid groups (broad SMARTS) is 2. The Labute approximate surface area is 189 Å². The lowest BCUT2D eigenvalue weighted by molar-refractivity contribution is -0.193. The van der Waals surface area contributed by atoms with E-state index in [-0.39, 0.29) is 18.1 Å². The summed E-state index contributed by atoms with van der Waals surface area (Å²) in [4.78, 5) is 38.2. The molecule has 3 rings (SSSR count). The SMILES string of the molecule is CN1CCC2(CC1)CN(Cc1cccnc1)C(=O)CO2.O=C(O)C(F)(F)F.O=C(O)C(F)(F)F. The molecule has 1 aromatic rings. The van der Waals surface area contributed by atoms with Crippen LogP contribution in [0.4, 0.5) is 26.3 Å². The number of hydrogen-bond acceptors (Lipinski definition) is 6. The van der Waals surface area contributed by atoms with Crippen molar-refractivity contribution in [3.05, 3.63) is 30.1 Å². The fraction of sp³-hybridized carbons (Fsp3) is 0.579. The maximum Gasteiger partial charge on any atom is 0.490 e. The minimum atomic E-state index is -5.08. The number of carbonyl (C=O) groups is 3. The molecule has 0 aliphatic carbocycles. The van der Waals surface area contributed by atoms with Gasteiger partial charge in [-0.05, 0) is 31.5 Å². The van der Waals surface area contributed by atoms with Crippen LogP contribution < -0.4 is 0 Å². The average molecular weight is 503 g/mol. The quantitative estimate of drug-likeness (QED) is 0.590. The summed E-state index contributed by atoms with van der Waals surface area (Å²) in [6.45, 7) is 3.62. The predicted octanol–water partition coefficient (Wildman–Crippen LogP) is 2.17. The van der Waals surface area contributed by atoms with Crippen molar-refractivity contribution in [1.82, 2.24) is 14.8 Å². The van der Waals surface area contributed by atoms with Crippen molar-refractivity contribution in [2.24, 2.45) is 0 Å². The monoisotopic (exact) mass is 503 g/mol. The molecular formula is C19H23F6N3O6. The average Bonchev–Trinajstić information content (AvgIpc) is 2.73. The van der Waals surface area contributed by atoms with Gasteiger partial charge in [0.1, 0.15) is 6.61 Å². The Hall–Kier alpha value is -2.94. The Kier molecular flexibility index (Phi) is 10.2. The normalized spacial score (nSPS) is 18.3. The van der Waals surface area contributed by atoms with Crippen LogP contribution in [0.5, 0.6) is 0 Å². The number of morpholine rings is 1. The van der Waals surface area contributed by atoms with Crippen molar-refractivity contribution in [3.8, 4) is 0 Å². The molecule has 0 radical (unpaired) electrons. The standard InChI is InChI=1S/C15H21N3O2.2C2HF3O2/c1-17-7-4-15(5-8-17)12-18(14(19)11-20-15)10-13-3-2-6-16-9-13;2*3-2(4,5)1(6)7/h2-3,6,9H,4-5,7-8,10-12H2,1H3;2*(H,6,7). The molecule has 1 aromatic heterocycles. The number of pyridine rings is 1. The zero-order valence-corrected chi connectivity index (χ0v) is 17.9. The Balaban J connectivity index is 0.000000343. The van der Waals surface area contributed by atoms with Crippen molar-refractivity contribution in [3.63, 3.8) is 0 Å². The van der Waals surface area contributed by atoms with Crippen LogP contribution in [-0.2, 0) is 25.7 Å². The van der Waals surface area contributed by atoms with Crippen LogP contribution in [0.25, 0.3) is 0 Å². The highest BCUT2D eigenvalue weighted by atomic mass is 19.4. The minimum absolute atomic E-state index is 0.0819. The van der Waals surface area contributed by atoms with E-state index in [2.05, 4.69) is 16.9 Å². The van der Waals surface area contributed by atoms with Gasteiger partial charge in [0.05, 0.1) is 12.1 Å². The van der Waals surface area contributed by atoms with Crippen molar-refractivity contribution in [2.75, 3.05) is 33.3 Å². The molecule has 2 fully saturated rings. The Morgan fingerprint density at radius 1 is 1.09 bits per heavy atom. The maximum absolute atomic E-state index is 12.1. The molecule has 2 saturated heterocycles. The molecular weight excluding hydrogens is 480 g/mol. The van der Waals surface area contributed by atoms with Gasteiger partial charge >= 0.3 is 24.3 Å². The molecule has 192 valence electrons. The van der Waals surface area contributed by atoms with Crippen molar-refractivity contribution in [2.45, 2.75) is 37.3 Å². The summed E-state index contributed by atoms with van der Waals surface area (Å²) in [6, 6.07) is 3.92. The second-order valence-electron chi connectivity index (χ2n) is 7.49. The highest BCUT2D eigenvalue weighted by Crippen LogP contribution is 2.30. The molecule has 15 heteroatoms. The van der Waals surface area contributed by atoms with Gasteiger partial charge in [-0.3, -0.25) is 9.78 Å². The number of aromatic nitrogens is 1. The number of carbonyl (C=O) groups excluding carboxylic acids is 1. The fourth-order valence-corrected chi connectivity index (χ4v) is 2.97. The first-order chi connectivity index (χ1) is 15.6. The van der Waals surface area contributed by atoms with Crippen LogP contribution in [0.15, 0.2) is 24.5 Å². The Bertz CT molecular complexity index is 802. The number of halogens is 6. The van der Waals surface area contributed by atoms with Crippen LogP contribution in [0.3, 0.4) is 0 Å².